The molecule has 0 aromatic carbocycles. The minimum atomic E-state index is -0.236. The topological polar surface area (TPSA) is 86.6 Å². The van der Waals surface area contributed by atoms with Crippen molar-refractivity contribution in [2.24, 2.45) is 5.92 Å². The van der Waals surface area contributed by atoms with Crippen LogP contribution < -0.4 is 0 Å². The predicted molar refractivity (Wildman–Crippen MR) is 115 cm³/mol. The molecule has 4 rings (SSSR count). The Bertz CT molecular complexity index is 962. The summed E-state index contributed by atoms with van der Waals surface area (Å²) in [5.41, 5.74) is 2.70. The van der Waals surface area contributed by atoms with E-state index in [2.05, 4.69) is 10.1 Å². The number of likely N-dealkylation sites (tertiary alicyclic amines) is 1. The van der Waals surface area contributed by atoms with E-state index in [9.17, 15) is 9.59 Å². The Balaban J connectivity index is 1.63. The summed E-state index contributed by atoms with van der Waals surface area (Å²) in [7, 11) is 1.40. The second-order valence-corrected chi connectivity index (χ2v) is 8.48. The SMILES string of the molecule is COC(=O)C1CCN(C(=O)c2cc(-c3cc(C)ncc3Cl)n(C3CCCCO3)n2)CC1. The summed E-state index contributed by atoms with van der Waals surface area (Å²) in [6.45, 7) is 3.55. The van der Waals surface area contributed by atoms with E-state index < -0.39 is 0 Å². The summed E-state index contributed by atoms with van der Waals surface area (Å²) in [4.78, 5) is 31.0. The van der Waals surface area contributed by atoms with Gasteiger partial charge in [-0.15, -0.1) is 0 Å². The molecule has 0 saturated carbocycles. The highest BCUT2D eigenvalue weighted by atomic mass is 35.5. The number of rotatable bonds is 4. The van der Waals surface area contributed by atoms with E-state index in [-0.39, 0.29) is 24.0 Å². The predicted octanol–water partition coefficient (Wildman–Crippen LogP) is 3.63. The lowest BCUT2D eigenvalue weighted by Crippen LogP contribution is -2.40. The minimum absolute atomic E-state index is 0.152. The van der Waals surface area contributed by atoms with E-state index in [4.69, 9.17) is 21.1 Å². The highest BCUT2D eigenvalue weighted by Gasteiger charge is 2.31. The van der Waals surface area contributed by atoms with Crippen molar-refractivity contribution in [2.75, 3.05) is 26.8 Å². The van der Waals surface area contributed by atoms with Crippen LogP contribution in [0, 0.1) is 12.8 Å². The molecular formula is C22H27ClN4O4. The van der Waals surface area contributed by atoms with E-state index in [0.29, 0.717) is 43.3 Å². The number of piperidine rings is 1. The number of pyridine rings is 1. The number of aromatic nitrogens is 3. The van der Waals surface area contributed by atoms with Crippen LogP contribution in [0.5, 0.6) is 0 Å². The van der Waals surface area contributed by atoms with Gasteiger partial charge in [0.2, 0.25) is 0 Å². The van der Waals surface area contributed by atoms with Crippen LogP contribution in [0.3, 0.4) is 0 Å². The van der Waals surface area contributed by atoms with Crippen LogP contribution in [0.4, 0.5) is 0 Å². The molecule has 2 aliphatic rings. The molecule has 166 valence electrons. The van der Waals surface area contributed by atoms with Gasteiger partial charge in [0.25, 0.3) is 5.91 Å². The van der Waals surface area contributed by atoms with Crippen LogP contribution in [-0.4, -0.2) is 58.3 Å². The molecule has 2 aromatic heterocycles. The third-order valence-corrected chi connectivity index (χ3v) is 6.27. The van der Waals surface area contributed by atoms with Gasteiger partial charge in [0.1, 0.15) is 0 Å². The Kier molecular flexibility index (Phi) is 6.57. The molecule has 0 spiro atoms. The number of aryl methyl sites for hydroxylation is 1. The van der Waals surface area contributed by atoms with Gasteiger partial charge < -0.3 is 14.4 Å². The molecule has 0 aliphatic carbocycles. The lowest BCUT2D eigenvalue weighted by molar-refractivity contribution is -0.146. The average Bonchev–Trinajstić information content (AvgIpc) is 3.25. The smallest absolute Gasteiger partial charge is 0.308 e. The monoisotopic (exact) mass is 446 g/mol. The van der Waals surface area contributed by atoms with E-state index in [0.717, 1.165) is 36.2 Å². The quantitative estimate of drug-likeness (QED) is 0.666. The number of esters is 1. The second-order valence-electron chi connectivity index (χ2n) is 8.08. The second kappa shape index (κ2) is 9.36. The van der Waals surface area contributed by atoms with Crippen LogP contribution in [0.2, 0.25) is 5.02 Å². The zero-order valence-electron chi connectivity index (χ0n) is 17.8. The molecule has 1 unspecified atom stereocenters. The summed E-state index contributed by atoms with van der Waals surface area (Å²) in [5.74, 6) is -0.520. The van der Waals surface area contributed by atoms with Gasteiger partial charge in [-0.3, -0.25) is 14.6 Å². The van der Waals surface area contributed by atoms with E-state index in [1.54, 1.807) is 21.8 Å². The number of carbonyl (C=O) groups excluding carboxylic acids is 2. The van der Waals surface area contributed by atoms with Crippen molar-refractivity contribution in [1.82, 2.24) is 19.7 Å². The number of amides is 1. The Hall–Kier alpha value is -2.45. The maximum atomic E-state index is 13.2. The van der Waals surface area contributed by atoms with Gasteiger partial charge in [-0.2, -0.15) is 5.10 Å². The van der Waals surface area contributed by atoms with Gasteiger partial charge in [-0.25, -0.2) is 4.68 Å². The molecule has 2 aliphatic heterocycles. The zero-order valence-corrected chi connectivity index (χ0v) is 18.6. The molecule has 4 heterocycles. The summed E-state index contributed by atoms with van der Waals surface area (Å²) in [5, 5.41) is 5.16. The molecule has 31 heavy (non-hydrogen) atoms. The maximum Gasteiger partial charge on any atom is 0.308 e. The summed E-state index contributed by atoms with van der Waals surface area (Å²) in [6, 6.07) is 3.68. The van der Waals surface area contributed by atoms with Crippen molar-refractivity contribution < 1.29 is 19.1 Å². The van der Waals surface area contributed by atoms with Crippen molar-refractivity contribution in [2.45, 2.75) is 45.3 Å². The third-order valence-electron chi connectivity index (χ3n) is 5.97. The molecule has 0 radical (unpaired) electrons. The molecule has 2 fully saturated rings. The van der Waals surface area contributed by atoms with Gasteiger partial charge in [-0.1, -0.05) is 11.6 Å². The highest BCUT2D eigenvalue weighted by Crippen LogP contribution is 2.34. The molecular weight excluding hydrogens is 420 g/mol. The molecule has 0 bridgehead atoms. The molecule has 2 aromatic rings. The van der Waals surface area contributed by atoms with Crippen LogP contribution in [-0.2, 0) is 14.3 Å². The van der Waals surface area contributed by atoms with Crippen molar-refractivity contribution in [3.8, 4) is 11.3 Å². The molecule has 0 N–H and O–H groups in total. The van der Waals surface area contributed by atoms with E-state index in [1.165, 1.54) is 7.11 Å². The van der Waals surface area contributed by atoms with Crippen molar-refractivity contribution >= 4 is 23.5 Å². The number of halogens is 1. The van der Waals surface area contributed by atoms with E-state index >= 15 is 0 Å². The first-order valence-corrected chi connectivity index (χ1v) is 11.1. The third kappa shape index (κ3) is 4.60. The lowest BCUT2D eigenvalue weighted by Gasteiger charge is -2.30. The first-order valence-electron chi connectivity index (χ1n) is 10.7. The molecule has 1 atom stereocenters. The van der Waals surface area contributed by atoms with Gasteiger partial charge in [0.05, 0.1) is 23.7 Å². The molecule has 8 nitrogen and oxygen atoms in total. The van der Waals surface area contributed by atoms with Crippen LogP contribution >= 0.6 is 11.6 Å². The lowest BCUT2D eigenvalue weighted by atomic mass is 9.97. The average molecular weight is 447 g/mol. The van der Waals surface area contributed by atoms with Gasteiger partial charge in [0.15, 0.2) is 11.9 Å². The van der Waals surface area contributed by atoms with Crippen molar-refractivity contribution in [1.29, 1.82) is 0 Å². The minimum Gasteiger partial charge on any atom is -0.469 e. The van der Waals surface area contributed by atoms with E-state index in [1.807, 2.05) is 13.0 Å². The Morgan fingerprint density at radius 2 is 1.97 bits per heavy atom. The molecule has 9 heteroatoms. The molecule has 1 amide bonds. The van der Waals surface area contributed by atoms with Crippen molar-refractivity contribution in [3.63, 3.8) is 0 Å². The number of carbonyl (C=O) groups is 2. The zero-order chi connectivity index (χ0) is 22.0. The standard InChI is InChI=1S/C22H27ClN4O4/c1-14-11-16(17(23)13-24-14)19-12-18(25-27(19)20-5-3-4-10-31-20)21(28)26-8-6-15(7-9-26)22(29)30-2/h11-13,15,20H,3-10H2,1-2H3. The first kappa shape index (κ1) is 21.8. The number of hydrogen-bond acceptors (Lipinski definition) is 6. The number of methoxy groups -OCH3 is 1. The van der Waals surface area contributed by atoms with Gasteiger partial charge in [0, 0.05) is 37.2 Å². The maximum absolute atomic E-state index is 13.2. The largest absolute Gasteiger partial charge is 0.469 e. The Morgan fingerprint density at radius 3 is 2.65 bits per heavy atom. The number of hydrogen-bond donors (Lipinski definition) is 0. The summed E-state index contributed by atoms with van der Waals surface area (Å²) >= 11 is 6.46. The highest BCUT2D eigenvalue weighted by molar-refractivity contribution is 6.33. The Morgan fingerprint density at radius 1 is 1.19 bits per heavy atom. The normalized spacial score (nSPS) is 20.0. The fourth-order valence-corrected chi connectivity index (χ4v) is 4.42. The van der Waals surface area contributed by atoms with Crippen LogP contribution in [0.25, 0.3) is 11.3 Å². The fourth-order valence-electron chi connectivity index (χ4n) is 4.22. The van der Waals surface area contributed by atoms with Crippen LogP contribution in [0.15, 0.2) is 18.3 Å². The summed E-state index contributed by atoms with van der Waals surface area (Å²) in [6.07, 6.45) is 5.44. The Labute approximate surface area is 186 Å². The summed E-state index contributed by atoms with van der Waals surface area (Å²) < 4.78 is 12.6. The van der Waals surface area contributed by atoms with Crippen molar-refractivity contribution in [3.05, 3.63) is 34.7 Å². The molecule has 2 saturated heterocycles. The van der Waals surface area contributed by atoms with Crippen LogP contribution in [0.1, 0.15) is 54.5 Å². The first-order chi connectivity index (χ1) is 15.0. The number of ether oxygens (including phenoxy) is 2. The number of nitrogens with zero attached hydrogens (tertiary/aromatic N) is 4. The fraction of sp³-hybridized carbons (Fsp3) is 0.545. The van der Waals surface area contributed by atoms with Gasteiger partial charge in [-0.05, 0) is 51.2 Å². The van der Waals surface area contributed by atoms with Gasteiger partial charge >= 0.3 is 5.97 Å².